The first-order chi connectivity index (χ1) is 12.0. The summed E-state index contributed by atoms with van der Waals surface area (Å²) in [4.78, 5) is 24.2. The van der Waals surface area contributed by atoms with Crippen LogP contribution in [0.4, 0.5) is 0 Å². The summed E-state index contributed by atoms with van der Waals surface area (Å²) in [5.41, 5.74) is 1.51. The number of halogens is 1. The lowest BCUT2D eigenvalue weighted by atomic mass is 10.2. The van der Waals surface area contributed by atoms with Gasteiger partial charge in [-0.1, -0.05) is 22.0 Å². The molecular weight excluding hydrogens is 384 g/mol. The van der Waals surface area contributed by atoms with Crippen molar-refractivity contribution >= 4 is 37.8 Å². The quantitative estimate of drug-likeness (QED) is 0.528. The van der Waals surface area contributed by atoms with Gasteiger partial charge in [-0.3, -0.25) is 4.79 Å². The van der Waals surface area contributed by atoms with Gasteiger partial charge < -0.3 is 13.6 Å². The van der Waals surface area contributed by atoms with Gasteiger partial charge in [0, 0.05) is 41.5 Å². The van der Waals surface area contributed by atoms with E-state index in [1.165, 1.54) is 6.07 Å². The Morgan fingerprint density at radius 1 is 1.00 bits per heavy atom. The summed E-state index contributed by atoms with van der Waals surface area (Å²) in [6, 6.07) is 11.2. The van der Waals surface area contributed by atoms with E-state index in [1.807, 2.05) is 12.3 Å². The zero-order valence-electron chi connectivity index (χ0n) is 13.5. The fourth-order valence-corrected chi connectivity index (χ4v) is 3.49. The Morgan fingerprint density at radius 3 is 2.60 bits per heavy atom. The van der Waals surface area contributed by atoms with Crippen LogP contribution in [-0.4, -0.2) is 9.13 Å². The average molecular weight is 399 g/mol. The fourth-order valence-electron chi connectivity index (χ4n) is 3.14. The van der Waals surface area contributed by atoms with Crippen molar-refractivity contribution in [1.29, 1.82) is 0 Å². The van der Waals surface area contributed by atoms with Crippen molar-refractivity contribution in [1.82, 2.24) is 9.13 Å². The highest BCUT2D eigenvalue weighted by molar-refractivity contribution is 9.10. The van der Waals surface area contributed by atoms with E-state index in [9.17, 15) is 9.59 Å². The molecule has 4 rings (SSSR count). The molecule has 25 heavy (non-hydrogen) atoms. The average Bonchev–Trinajstić information content (AvgIpc) is 2.96. The molecule has 1 aromatic carbocycles. The topological polar surface area (TPSA) is 57.1 Å². The van der Waals surface area contributed by atoms with Crippen molar-refractivity contribution in [2.45, 2.75) is 20.0 Å². The largest absolute Gasteiger partial charge is 0.422 e. The van der Waals surface area contributed by atoms with Crippen LogP contribution in [-0.2, 0) is 13.1 Å². The molecule has 0 saturated carbocycles. The van der Waals surface area contributed by atoms with Gasteiger partial charge in [0.2, 0.25) is 0 Å². The predicted octanol–water partition coefficient (Wildman–Crippen LogP) is 3.68. The van der Waals surface area contributed by atoms with Crippen LogP contribution in [0.15, 0.2) is 67.3 Å². The van der Waals surface area contributed by atoms with Crippen molar-refractivity contribution in [3.05, 3.63) is 79.6 Å². The molecular formula is C19H15BrN2O3. The molecule has 0 fully saturated rings. The second-order valence-electron chi connectivity index (χ2n) is 6.01. The van der Waals surface area contributed by atoms with E-state index in [-0.39, 0.29) is 5.56 Å². The Labute approximate surface area is 151 Å². The molecule has 5 nitrogen and oxygen atoms in total. The van der Waals surface area contributed by atoms with E-state index >= 15 is 0 Å². The highest BCUT2D eigenvalue weighted by atomic mass is 79.9. The number of hydrogen-bond acceptors (Lipinski definition) is 3. The zero-order valence-corrected chi connectivity index (χ0v) is 15.1. The maximum atomic E-state index is 12.7. The van der Waals surface area contributed by atoms with Crippen LogP contribution in [0.1, 0.15) is 5.56 Å². The molecule has 0 bridgehead atoms. The third-order valence-electron chi connectivity index (χ3n) is 4.38. The Bertz CT molecular complexity index is 1220. The molecule has 0 aliphatic carbocycles. The number of benzene rings is 1. The summed E-state index contributed by atoms with van der Waals surface area (Å²) < 4.78 is 9.91. The van der Waals surface area contributed by atoms with E-state index < -0.39 is 5.63 Å². The first-order valence-electron chi connectivity index (χ1n) is 7.91. The van der Waals surface area contributed by atoms with Crippen molar-refractivity contribution < 1.29 is 4.42 Å². The summed E-state index contributed by atoms with van der Waals surface area (Å²) in [6.45, 7) is 2.95. The molecule has 0 aliphatic heterocycles. The van der Waals surface area contributed by atoms with E-state index in [0.717, 1.165) is 15.4 Å². The fraction of sp³-hybridized carbons (Fsp3) is 0.158. The number of aromatic nitrogens is 2. The van der Waals surface area contributed by atoms with Crippen molar-refractivity contribution in [3.63, 3.8) is 0 Å². The van der Waals surface area contributed by atoms with Gasteiger partial charge in [0.25, 0.3) is 5.56 Å². The highest BCUT2D eigenvalue weighted by Crippen LogP contribution is 2.21. The van der Waals surface area contributed by atoms with Crippen LogP contribution in [0.3, 0.4) is 0 Å². The van der Waals surface area contributed by atoms with Gasteiger partial charge in [0.15, 0.2) is 0 Å². The number of hydrogen-bond donors (Lipinski definition) is 0. The second-order valence-corrected chi connectivity index (χ2v) is 6.93. The van der Waals surface area contributed by atoms with E-state index in [0.29, 0.717) is 29.6 Å². The molecule has 3 aromatic heterocycles. The van der Waals surface area contributed by atoms with Crippen LogP contribution in [0.25, 0.3) is 21.9 Å². The molecule has 126 valence electrons. The lowest BCUT2D eigenvalue weighted by Crippen LogP contribution is -2.23. The molecule has 0 spiro atoms. The minimum Gasteiger partial charge on any atom is -0.422 e. The smallest absolute Gasteiger partial charge is 0.336 e. The monoisotopic (exact) mass is 398 g/mol. The highest BCUT2D eigenvalue weighted by Gasteiger charge is 2.09. The molecule has 0 saturated heterocycles. The van der Waals surface area contributed by atoms with Crippen LogP contribution in [0.2, 0.25) is 0 Å². The first kappa shape index (κ1) is 15.9. The summed E-state index contributed by atoms with van der Waals surface area (Å²) in [6.07, 6.45) is 3.70. The SMILES string of the molecule is Cc1cc(=O)oc2ccn(CCn3ccc4ccc(Br)cc43)c(=O)c12. The maximum absolute atomic E-state index is 12.7. The summed E-state index contributed by atoms with van der Waals surface area (Å²) >= 11 is 3.50. The number of nitrogens with zero attached hydrogens (tertiary/aromatic N) is 2. The van der Waals surface area contributed by atoms with E-state index in [1.54, 1.807) is 23.8 Å². The summed E-state index contributed by atoms with van der Waals surface area (Å²) in [5.74, 6) is 0. The molecule has 4 aromatic rings. The van der Waals surface area contributed by atoms with Crippen molar-refractivity contribution in [3.8, 4) is 0 Å². The summed E-state index contributed by atoms with van der Waals surface area (Å²) in [7, 11) is 0. The molecule has 0 aliphatic rings. The minimum atomic E-state index is -0.438. The standard InChI is InChI=1S/C19H15BrN2O3/c1-12-10-17(23)25-16-5-7-22(19(24)18(12)16)9-8-21-6-4-13-2-3-14(20)11-15(13)21/h2-7,10-11H,8-9H2,1H3. The Balaban J connectivity index is 1.71. The van der Waals surface area contributed by atoms with Crippen LogP contribution in [0.5, 0.6) is 0 Å². The van der Waals surface area contributed by atoms with E-state index in [2.05, 4.69) is 38.7 Å². The van der Waals surface area contributed by atoms with Crippen molar-refractivity contribution in [2.24, 2.45) is 0 Å². The van der Waals surface area contributed by atoms with Gasteiger partial charge >= 0.3 is 5.63 Å². The maximum Gasteiger partial charge on any atom is 0.336 e. The second kappa shape index (κ2) is 6.04. The van der Waals surface area contributed by atoms with Gasteiger partial charge in [-0.15, -0.1) is 0 Å². The van der Waals surface area contributed by atoms with Crippen LogP contribution < -0.4 is 11.2 Å². The van der Waals surface area contributed by atoms with Gasteiger partial charge in [0.1, 0.15) is 5.58 Å². The first-order valence-corrected chi connectivity index (χ1v) is 8.70. The Hall–Kier alpha value is -2.60. The molecule has 0 amide bonds. The minimum absolute atomic E-state index is 0.142. The molecule has 0 radical (unpaired) electrons. The molecule has 0 unspecified atom stereocenters. The van der Waals surface area contributed by atoms with Gasteiger partial charge in [-0.25, -0.2) is 4.79 Å². The Morgan fingerprint density at radius 2 is 1.76 bits per heavy atom. The lowest BCUT2D eigenvalue weighted by Gasteiger charge is -2.10. The molecule has 0 atom stereocenters. The van der Waals surface area contributed by atoms with E-state index in [4.69, 9.17) is 4.42 Å². The van der Waals surface area contributed by atoms with Gasteiger partial charge in [0.05, 0.1) is 5.39 Å². The van der Waals surface area contributed by atoms with Gasteiger partial charge in [-0.05, 0) is 42.1 Å². The molecule has 0 N–H and O–H groups in total. The summed E-state index contributed by atoms with van der Waals surface area (Å²) in [5, 5.41) is 1.62. The van der Waals surface area contributed by atoms with Crippen LogP contribution >= 0.6 is 15.9 Å². The number of rotatable bonds is 3. The number of pyridine rings is 1. The van der Waals surface area contributed by atoms with Gasteiger partial charge in [-0.2, -0.15) is 0 Å². The Kier molecular flexibility index (Phi) is 3.84. The number of fused-ring (bicyclic) bond motifs is 2. The third-order valence-corrected chi connectivity index (χ3v) is 4.88. The predicted molar refractivity (Wildman–Crippen MR) is 101 cm³/mol. The zero-order chi connectivity index (χ0) is 17.6. The number of aryl methyl sites for hydroxylation is 3. The normalized spacial score (nSPS) is 11.4. The van der Waals surface area contributed by atoms with Crippen molar-refractivity contribution in [2.75, 3.05) is 0 Å². The molecule has 6 heteroatoms. The third kappa shape index (κ3) is 2.82. The van der Waals surface area contributed by atoms with Crippen LogP contribution in [0, 0.1) is 6.92 Å². The molecule has 3 heterocycles. The lowest BCUT2D eigenvalue weighted by molar-refractivity contribution is 0.550.